The first-order valence-electron chi connectivity index (χ1n) is 6.62. The predicted molar refractivity (Wildman–Crippen MR) is 79.3 cm³/mol. The van der Waals surface area contributed by atoms with Gasteiger partial charge in [-0.1, -0.05) is 0 Å². The van der Waals surface area contributed by atoms with Gasteiger partial charge in [-0.25, -0.2) is 5.43 Å². The molecule has 0 atom stereocenters. The third-order valence-corrected chi connectivity index (χ3v) is 4.39. The van der Waals surface area contributed by atoms with Crippen LogP contribution in [0.1, 0.15) is 5.56 Å². The summed E-state index contributed by atoms with van der Waals surface area (Å²) in [5.74, 6) is -0.554. The molecule has 9 nitrogen and oxygen atoms in total. The fraction of sp³-hybridized carbons (Fsp3) is 0.417. The van der Waals surface area contributed by atoms with Crippen LogP contribution in [0.4, 0.5) is 0 Å². The summed E-state index contributed by atoms with van der Waals surface area (Å²) >= 11 is 0. The van der Waals surface area contributed by atoms with Gasteiger partial charge < -0.3 is 4.74 Å². The summed E-state index contributed by atoms with van der Waals surface area (Å²) < 4.78 is 32.4. The fourth-order valence-corrected chi connectivity index (χ4v) is 2.83. The minimum Gasteiger partial charge on any atom is -0.379 e. The van der Waals surface area contributed by atoms with Gasteiger partial charge in [0.25, 0.3) is 16.1 Å². The van der Waals surface area contributed by atoms with Gasteiger partial charge in [0.05, 0.1) is 26.0 Å². The van der Waals surface area contributed by atoms with Crippen LogP contribution in [0.5, 0.6) is 0 Å². The van der Waals surface area contributed by atoms with Gasteiger partial charge >= 0.3 is 0 Å². The molecule has 2 N–H and O–H groups in total. The fourth-order valence-electron chi connectivity index (χ4n) is 1.70. The van der Waals surface area contributed by atoms with Gasteiger partial charge in [0.1, 0.15) is 0 Å². The van der Waals surface area contributed by atoms with E-state index in [0.717, 1.165) is 5.56 Å². The van der Waals surface area contributed by atoms with Gasteiger partial charge in [-0.15, -0.1) is 0 Å². The number of hydrogen-bond acceptors (Lipinski definition) is 6. The molecule has 1 aliphatic rings. The van der Waals surface area contributed by atoms with Crippen molar-refractivity contribution in [3.63, 3.8) is 0 Å². The second-order valence-electron chi connectivity index (χ2n) is 4.41. The van der Waals surface area contributed by atoms with Crippen LogP contribution in [-0.2, 0) is 19.7 Å². The Labute approximate surface area is 128 Å². The monoisotopic (exact) mass is 327 g/mol. The molecule has 0 radical (unpaired) electrons. The van der Waals surface area contributed by atoms with E-state index in [0.29, 0.717) is 13.2 Å². The maximum Gasteiger partial charge on any atom is 0.280 e. The summed E-state index contributed by atoms with van der Waals surface area (Å²) in [7, 11) is -3.67. The first kappa shape index (κ1) is 16.5. The number of morpholine rings is 1. The number of hydrazone groups is 1. The quantitative estimate of drug-likeness (QED) is 0.498. The number of nitrogens with zero attached hydrogens (tertiary/aromatic N) is 3. The van der Waals surface area contributed by atoms with Crippen molar-refractivity contribution in [2.75, 3.05) is 32.8 Å². The van der Waals surface area contributed by atoms with E-state index in [9.17, 15) is 13.2 Å². The second kappa shape index (κ2) is 7.94. The van der Waals surface area contributed by atoms with Gasteiger partial charge in [-0.05, 0) is 17.7 Å². The highest BCUT2D eigenvalue weighted by atomic mass is 32.2. The highest BCUT2D eigenvalue weighted by Gasteiger charge is 2.24. The summed E-state index contributed by atoms with van der Waals surface area (Å²) in [6, 6.07) is 3.44. The first-order chi connectivity index (χ1) is 10.6. The Hall–Kier alpha value is -1.88. The molecule has 120 valence electrons. The van der Waals surface area contributed by atoms with E-state index in [2.05, 4.69) is 20.2 Å². The highest BCUT2D eigenvalue weighted by molar-refractivity contribution is 7.87. The van der Waals surface area contributed by atoms with Crippen molar-refractivity contribution >= 4 is 22.3 Å². The summed E-state index contributed by atoms with van der Waals surface area (Å²) in [5.41, 5.74) is 3.01. The minimum atomic E-state index is -3.67. The lowest BCUT2D eigenvalue weighted by Gasteiger charge is -2.25. The molecule has 1 aliphatic heterocycles. The third-order valence-electron chi connectivity index (χ3n) is 2.83. The predicted octanol–water partition coefficient (Wildman–Crippen LogP) is -1.30. The van der Waals surface area contributed by atoms with Gasteiger partial charge in [-0.2, -0.15) is 22.5 Å². The molecule has 1 saturated heterocycles. The van der Waals surface area contributed by atoms with Crippen molar-refractivity contribution in [1.82, 2.24) is 19.4 Å². The first-order valence-corrected chi connectivity index (χ1v) is 8.06. The standard InChI is InChI=1S/C12H17N5O4S/c18-12(16-14-9-11-1-3-13-4-2-11)10-15-22(19,20)17-5-7-21-8-6-17/h1-4,9,15H,5-8,10H2,(H,16,18)/b14-9+. The number of pyridine rings is 1. The van der Waals surface area contributed by atoms with E-state index in [1.165, 1.54) is 10.5 Å². The van der Waals surface area contributed by atoms with Crippen molar-refractivity contribution in [2.45, 2.75) is 0 Å². The van der Waals surface area contributed by atoms with Crippen LogP contribution in [0, 0.1) is 0 Å². The normalized spacial score (nSPS) is 16.7. The molecule has 0 bridgehead atoms. The van der Waals surface area contributed by atoms with Crippen LogP contribution in [0.25, 0.3) is 0 Å². The number of rotatable bonds is 6. The van der Waals surface area contributed by atoms with E-state index >= 15 is 0 Å². The van der Waals surface area contributed by atoms with Crippen LogP contribution < -0.4 is 10.1 Å². The van der Waals surface area contributed by atoms with E-state index in [1.807, 2.05) is 0 Å². The number of amides is 1. The van der Waals surface area contributed by atoms with Gasteiger partial charge in [0.15, 0.2) is 0 Å². The van der Waals surface area contributed by atoms with E-state index < -0.39 is 16.1 Å². The van der Waals surface area contributed by atoms with Gasteiger partial charge in [0.2, 0.25) is 0 Å². The van der Waals surface area contributed by atoms with E-state index in [1.54, 1.807) is 24.5 Å². The van der Waals surface area contributed by atoms with Crippen molar-refractivity contribution in [1.29, 1.82) is 0 Å². The number of nitrogens with one attached hydrogen (secondary N) is 2. The zero-order valence-electron chi connectivity index (χ0n) is 11.8. The van der Waals surface area contributed by atoms with Crippen molar-refractivity contribution in [3.8, 4) is 0 Å². The lowest BCUT2D eigenvalue weighted by atomic mass is 10.3. The Morgan fingerprint density at radius 2 is 2.05 bits per heavy atom. The zero-order valence-corrected chi connectivity index (χ0v) is 12.6. The molecule has 10 heteroatoms. The molecule has 2 heterocycles. The van der Waals surface area contributed by atoms with Crippen LogP contribution in [0.3, 0.4) is 0 Å². The highest BCUT2D eigenvalue weighted by Crippen LogP contribution is 2.02. The molecule has 1 aromatic heterocycles. The number of hydrogen-bond donors (Lipinski definition) is 2. The van der Waals surface area contributed by atoms with Crippen molar-refractivity contribution in [3.05, 3.63) is 30.1 Å². The second-order valence-corrected chi connectivity index (χ2v) is 6.17. The minimum absolute atomic E-state index is 0.275. The Morgan fingerprint density at radius 1 is 1.36 bits per heavy atom. The molecule has 1 amide bonds. The Balaban J connectivity index is 1.76. The maximum absolute atomic E-state index is 11.9. The van der Waals surface area contributed by atoms with Crippen molar-refractivity contribution < 1.29 is 17.9 Å². The lowest BCUT2D eigenvalue weighted by molar-refractivity contribution is -0.119. The van der Waals surface area contributed by atoms with Crippen molar-refractivity contribution in [2.24, 2.45) is 5.10 Å². The molecule has 0 spiro atoms. The molecule has 0 aliphatic carbocycles. The van der Waals surface area contributed by atoms with Gasteiger partial charge in [-0.3, -0.25) is 9.78 Å². The molecule has 0 aromatic carbocycles. The van der Waals surface area contributed by atoms with Gasteiger partial charge in [0, 0.05) is 25.5 Å². The molecule has 0 saturated carbocycles. The molecular formula is C12H17N5O4S. The van der Waals surface area contributed by atoms with Crippen LogP contribution in [-0.4, -0.2) is 62.7 Å². The number of ether oxygens (including phenoxy) is 1. The molecular weight excluding hydrogens is 310 g/mol. The summed E-state index contributed by atoms with van der Waals surface area (Å²) in [6.45, 7) is 0.869. The number of carbonyl (C=O) groups is 1. The maximum atomic E-state index is 11.9. The molecule has 1 aromatic rings. The smallest absolute Gasteiger partial charge is 0.280 e. The summed E-state index contributed by atoms with van der Waals surface area (Å²) in [5, 5.41) is 3.73. The van der Waals surface area contributed by atoms with Crippen LogP contribution in [0.15, 0.2) is 29.6 Å². The summed E-state index contributed by atoms with van der Waals surface area (Å²) in [4.78, 5) is 15.4. The largest absolute Gasteiger partial charge is 0.379 e. The number of carbonyl (C=O) groups excluding carboxylic acids is 1. The lowest BCUT2D eigenvalue weighted by Crippen LogP contribution is -2.48. The molecule has 22 heavy (non-hydrogen) atoms. The zero-order chi connectivity index (χ0) is 15.8. The average molecular weight is 327 g/mol. The molecule has 2 rings (SSSR count). The number of aromatic nitrogens is 1. The Kier molecular flexibility index (Phi) is 5.95. The Bertz CT molecular complexity index is 614. The molecule has 1 fully saturated rings. The van der Waals surface area contributed by atoms with Crippen LogP contribution in [0.2, 0.25) is 0 Å². The summed E-state index contributed by atoms with van der Waals surface area (Å²) in [6.07, 6.45) is 4.63. The third kappa shape index (κ3) is 5.15. The average Bonchev–Trinajstić information content (AvgIpc) is 2.55. The van der Waals surface area contributed by atoms with E-state index in [4.69, 9.17) is 4.74 Å². The van der Waals surface area contributed by atoms with E-state index in [-0.39, 0.29) is 19.6 Å². The Morgan fingerprint density at radius 3 is 2.73 bits per heavy atom. The molecule has 0 unspecified atom stereocenters. The topological polar surface area (TPSA) is 113 Å². The SMILES string of the molecule is O=C(CNS(=O)(=O)N1CCOCC1)N/N=C/c1ccncc1. The van der Waals surface area contributed by atoms with Crippen LogP contribution >= 0.6 is 0 Å².